The maximum absolute atomic E-state index is 5.89. The Labute approximate surface area is 123 Å². The molecule has 3 rings (SSSR count). The van der Waals surface area contributed by atoms with Gasteiger partial charge in [-0.05, 0) is 36.4 Å². The third kappa shape index (κ3) is 3.30. The zero-order chi connectivity index (χ0) is 14.5. The van der Waals surface area contributed by atoms with Crippen LogP contribution in [0.4, 0.5) is 17.3 Å². The highest BCUT2D eigenvalue weighted by Gasteiger charge is 2.05. The van der Waals surface area contributed by atoms with Crippen LogP contribution in [0.15, 0.2) is 72.8 Å². The van der Waals surface area contributed by atoms with Crippen molar-refractivity contribution >= 4 is 17.3 Å². The van der Waals surface area contributed by atoms with Gasteiger partial charge in [-0.1, -0.05) is 36.4 Å². The molecular formula is C17H15N3O. The second-order valence-electron chi connectivity index (χ2n) is 4.48. The van der Waals surface area contributed by atoms with Crippen molar-refractivity contribution in [2.75, 3.05) is 11.1 Å². The molecule has 0 radical (unpaired) electrons. The molecule has 0 aliphatic heterocycles. The van der Waals surface area contributed by atoms with Crippen molar-refractivity contribution in [1.82, 2.24) is 4.98 Å². The van der Waals surface area contributed by atoms with Gasteiger partial charge in [-0.3, -0.25) is 0 Å². The van der Waals surface area contributed by atoms with E-state index in [0.29, 0.717) is 11.6 Å². The lowest BCUT2D eigenvalue weighted by atomic mass is 10.3. The number of anilines is 3. The van der Waals surface area contributed by atoms with E-state index in [2.05, 4.69) is 10.3 Å². The number of nitrogens with one attached hydrogen (secondary N) is 1. The average Bonchev–Trinajstić information content (AvgIpc) is 2.50. The summed E-state index contributed by atoms with van der Waals surface area (Å²) in [5.74, 6) is 2.67. The summed E-state index contributed by atoms with van der Waals surface area (Å²) in [6.07, 6.45) is 0. The number of rotatable bonds is 4. The Morgan fingerprint density at radius 2 is 1.57 bits per heavy atom. The molecule has 3 aromatic rings. The van der Waals surface area contributed by atoms with Crippen molar-refractivity contribution < 1.29 is 4.74 Å². The van der Waals surface area contributed by atoms with Gasteiger partial charge in [0.2, 0.25) is 0 Å². The van der Waals surface area contributed by atoms with Gasteiger partial charge in [-0.15, -0.1) is 0 Å². The maximum Gasteiger partial charge on any atom is 0.150 e. The molecular weight excluding hydrogens is 262 g/mol. The first-order chi connectivity index (χ1) is 10.3. The number of hydrogen-bond donors (Lipinski definition) is 2. The van der Waals surface area contributed by atoms with E-state index in [4.69, 9.17) is 10.5 Å². The zero-order valence-corrected chi connectivity index (χ0v) is 11.4. The van der Waals surface area contributed by atoms with Crippen LogP contribution in [0, 0.1) is 0 Å². The fourth-order valence-corrected chi connectivity index (χ4v) is 1.93. The summed E-state index contributed by atoms with van der Waals surface area (Å²) in [4.78, 5) is 4.23. The van der Waals surface area contributed by atoms with E-state index < -0.39 is 0 Å². The lowest BCUT2D eigenvalue weighted by Crippen LogP contribution is -1.98. The number of aromatic nitrogens is 1. The standard InChI is InChI=1S/C17H15N3O/c18-16-11-6-12-17(20-16)19-14-9-4-5-10-15(14)21-13-7-2-1-3-8-13/h1-12H,(H3,18,19,20). The summed E-state index contributed by atoms with van der Waals surface area (Å²) < 4.78 is 5.89. The Morgan fingerprint density at radius 1 is 0.810 bits per heavy atom. The second-order valence-corrected chi connectivity index (χ2v) is 4.48. The Kier molecular flexibility index (Phi) is 3.69. The molecule has 21 heavy (non-hydrogen) atoms. The number of pyridine rings is 1. The number of benzene rings is 2. The topological polar surface area (TPSA) is 60.2 Å². The molecule has 0 aliphatic carbocycles. The van der Waals surface area contributed by atoms with E-state index in [9.17, 15) is 0 Å². The number of nitrogen functional groups attached to an aromatic ring is 1. The van der Waals surface area contributed by atoms with Gasteiger partial charge in [-0.25, -0.2) is 4.98 Å². The Balaban J connectivity index is 1.86. The quantitative estimate of drug-likeness (QED) is 0.750. The minimum atomic E-state index is 0.474. The number of para-hydroxylation sites is 3. The first kappa shape index (κ1) is 13.0. The molecule has 0 saturated carbocycles. The van der Waals surface area contributed by atoms with Crippen LogP contribution in [-0.4, -0.2) is 4.98 Å². The van der Waals surface area contributed by atoms with Crippen LogP contribution >= 0.6 is 0 Å². The van der Waals surface area contributed by atoms with Gasteiger partial charge in [-0.2, -0.15) is 0 Å². The third-order valence-electron chi connectivity index (χ3n) is 2.89. The lowest BCUT2D eigenvalue weighted by Gasteiger charge is -2.12. The first-order valence-electron chi connectivity index (χ1n) is 6.63. The average molecular weight is 277 g/mol. The molecule has 0 fully saturated rings. The fourth-order valence-electron chi connectivity index (χ4n) is 1.93. The Bertz CT molecular complexity index is 729. The molecule has 0 atom stereocenters. The smallest absolute Gasteiger partial charge is 0.150 e. The molecule has 0 spiro atoms. The van der Waals surface area contributed by atoms with Gasteiger partial charge in [0, 0.05) is 0 Å². The predicted octanol–water partition coefficient (Wildman–Crippen LogP) is 4.20. The normalized spacial score (nSPS) is 10.1. The van der Waals surface area contributed by atoms with Crippen molar-refractivity contribution in [3.8, 4) is 11.5 Å². The number of hydrogen-bond acceptors (Lipinski definition) is 4. The summed E-state index contributed by atoms with van der Waals surface area (Å²) >= 11 is 0. The van der Waals surface area contributed by atoms with Crippen molar-refractivity contribution in [3.63, 3.8) is 0 Å². The Hall–Kier alpha value is -3.01. The maximum atomic E-state index is 5.89. The van der Waals surface area contributed by atoms with E-state index in [1.54, 1.807) is 6.07 Å². The highest BCUT2D eigenvalue weighted by atomic mass is 16.5. The first-order valence-corrected chi connectivity index (χ1v) is 6.63. The van der Waals surface area contributed by atoms with Crippen LogP contribution in [0.1, 0.15) is 0 Å². The van der Waals surface area contributed by atoms with Gasteiger partial charge < -0.3 is 15.8 Å². The van der Waals surface area contributed by atoms with E-state index in [0.717, 1.165) is 17.2 Å². The summed E-state index contributed by atoms with van der Waals surface area (Å²) in [5.41, 5.74) is 6.52. The predicted molar refractivity (Wildman–Crippen MR) is 84.9 cm³/mol. The fraction of sp³-hybridized carbons (Fsp3) is 0. The molecule has 0 saturated heterocycles. The second kappa shape index (κ2) is 5.96. The molecule has 0 unspecified atom stereocenters. The molecule has 0 aliphatic rings. The molecule has 2 aromatic carbocycles. The minimum Gasteiger partial charge on any atom is -0.455 e. The zero-order valence-electron chi connectivity index (χ0n) is 11.4. The van der Waals surface area contributed by atoms with Crippen molar-refractivity contribution in [3.05, 3.63) is 72.8 Å². The van der Waals surface area contributed by atoms with Crippen molar-refractivity contribution in [1.29, 1.82) is 0 Å². The summed E-state index contributed by atoms with van der Waals surface area (Å²) in [6, 6.07) is 22.8. The molecule has 1 aromatic heterocycles. The summed E-state index contributed by atoms with van der Waals surface area (Å²) in [6.45, 7) is 0. The molecule has 1 heterocycles. The SMILES string of the molecule is Nc1cccc(Nc2ccccc2Oc2ccccc2)n1. The van der Waals surface area contributed by atoms with Crippen molar-refractivity contribution in [2.45, 2.75) is 0 Å². The summed E-state index contributed by atoms with van der Waals surface area (Å²) in [7, 11) is 0. The number of ether oxygens (including phenoxy) is 1. The molecule has 0 amide bonds. The van der Waals surface area contributed by atoms with Gasteiger partial charge >= 0.3 is 0 Å². The summed E-state index contributed by atoms with van der Waals surface area (Å²) in [5, 5.41) is 3.22. The van der Waals surface area contributed by atoms with Crippen LogP contribution in [0.3, 0.4) is 0 Å². The van der Waals surface area contributed by atoms with E-state index in [1.165, 1.54) is 0 Å². The van der Waals surface area contributed by atoms with Crippen LogP contribution < -0.4 is 15.8 Å². The van der Waals surface area contributed by atoms with E-state index in [1.807, 2.05) is 66.7 Å². The lowest BCUT2D eigenvalue weighted by molar-refractivity contribution is 0.485. The van der Waals surface area contributed by atoms with E-state index in [-0.39, 0.29) is 0 Å². The minimum absolute atomic E-state index is 0.474. The number of nitrogens with two attached hydrogens (primary N) is 1. The van der Waals surface area contributed by atoms with Crippen molar-refractivity contribution in [2.24, 2.45) is 0 Å². The largest absolute Gasteiger partial charge is 0.455 e. The van der Waals surface area contributed by atoms with Crippen LogP contribution in [0.25, 0.3) is 0 Å². The highest BCUT2D eigenvalue weighted by Crippen LogP contribution is 2.30. The molecule has 0 bridgehead atoms. The van der Waals surface area contributed by atoms with Gasteiger partial charge in [0.15, 0.2) is 5.75 Å². The molecule has 3 N–H and O–H groups in total. The molecule has 4 nitrogen and oxygen atoms in total. The van der Waals surface area contributed by atoms with Gasteiger partial charge in [0.05, 0.1) is 5.69 Å². The van der Waals surface area contributed by atoms with Crippen LogP contribution in [0.5, 0.6) is 11.5 Å². The van der Waals surface area contributed by atoms with Gasteiger partial charge in [0.25, 0.3) is 0 Å². The monoisotopic (exact) mass is 277 g/mol. The highest BCUT2D eigenvalue weighted by molar-refractivity contribution is 5.65. The van der Waals surface area contributed by atoms with Crippen LogP contribution in [0.2, 0.25) is 0 Å². The van der Waals surface area contributed by atoms with Crippen LogP contribution in [-0.2, 0) is 0 Å². The molecule has 104 valence electrons. The Morgan fingerprint density at radius 3 is 2.38 bits per heavy atom. The number of nitrogens with zero attached hydrogens (tertiary/aromatic N) is 1. The molecule has 4 heteroatoms. The van der Waals surface area contributed by atoms with E-state index >= 15 is 0 Å². The third-order valence-corrected chi connectivity index (χ3v) is 2.89. The van der Waals surface area contributed by atoms with Gasteiger partial charge in [0.1, 0.15) is 17.4 Å².